The Labute approximate surface area is 180 Å². The molecule has 0 unspecified atom stereocenters. The van der Waals surface area contributed by atoms with Crippen LogP contribution < -0.4 is 0 Å². The number of aryl methyl sites for hydroxylation is 1. The molecule has 32 heavy (non-hydrogen) atoms. The quantitative estimate of drug-likeness (QED) is 0.669. The number of halogens is 5. The van der Waals surface area contributed by atoms with Gasteiger partial charge in [-0.05, 0) is 32.6 Å². The lowest BCUT2D eigenvalue weighted by Crippen LogP contribution is -2.36. The number of alkyl halides is 3. The van der Waals surface area contributed by atoms with E-state index in [2.05, 4.69) is 5.10 Å². The molecule has 1 aliphatic rings. The Balaban J connectivity index is 0.000000451. The highest BCUT2D eigenvalue weighted by molar-refractivity contribution is 7.89. The minimum absolute atomic E-state index is 0.132. The van der Waals surface area contributed by atoms with Crippen LogP contribution in [-0.2, 0) is 41.4 Å². The third-order valence-electron chi connectivity index (χ3n) is 4.48. The van der Waals surface area contributed by atoms with Gasteiger partial charge in [0.05, 0.1) is 22.8 Å². The number of sulfonamides is 1. The highest BCUT2D eigenvalue weighted by Crippen LogP contribution is 2.27. The lowest BCUT2D eigenvalue weighted by atomic mass is 10.1. The molecule has 1 aromatic heterocycles. The summed E-state index contributed by atoms with van der Waals surface area (Å²) in [6.45, 7) is 1.05. The van der Waals surface area contributed by atoms with E-state index in [1.165, 1.54) is 4.31 Å². The summed E-state index contributed by atoms with van der Waals surface area (Å²) in [7, 11) is 1.68. The molecule has 3 rings (SSSR count). The largest absolute Gasteiger partial charge is 0.490 e. The first kappa shape index (κ1) is 25.7. The van der Waals surface area contributed by atoms with Gasteiger partial charge in [0, 0.05) is 31.8 Å². The van der Waals surface area contributed by atoms with Crippen LogP contribution in [0.3, 0.4) is 0 Å². The lowest BCUT2D eigenvalue weighted by Gasteiger charge is -2.27. The molecule has 0 fully saturated rings. The van der Waals surface area contributed by atoms with Crippen LogP contribution in [0.1, 0.15) is 17.0 Å². The van der Waals surface area contributed by atoms with Crippen molar-refractivity contribution in [1.29, 1.82) is 0 Å². The Hall–Kier alpha value is -2.58. The summed E-state index contributed by atoms with van der Waals surface area (Å²) >= 11 is 0. The zero-order chi connectivity index (χ0) is 24.4. The Bertz CT molecular complexity index is 1080. The molecule has 178 valence electrons. The van der Waals surface area contributed by atoms with Crippen molar-refractivity contribution in [3.63, 3.8) is 0 Å². The predicted octanol–water partition coefficient (Wildman–Crippen LogP) is 2.14. The van der Waals surface area contributed by atoms with Gasteiger partial charge in [-0.15, -0.1) is 0 Å². The molecular formula is C18H21F5N4O4S. The van der Waals surface area contributed by atoms with Crippen LogP contribution in [0.25, 0.3) is 0 Å². The van der Waals surface area contributed by atoms with E-state index >= 15 is 0 Å². The molecular weight excluding hydrogens is 463 g/mol. The van der Waals surface area contributed by atoms with Crippen LogP contribution in [-0.4, -0.2) is 65.3 Å². The fraction of sp³-hybridized carbons (Fsp3) is 0.444. The van der Waals surface area contributed by atoms with E-state index < -0.39 is 33.8 Å². The summed E-state index contributed by atoms with van der Waals surface area (Å²) in [6, 6.07) is 2.34. The summed E-state index contributed by atoms with van der Waals surface area (Å²) in [5, 5.41) is 11.6. The van der Waals surface area contributed by atoms with E-state index in [1.54, 1.807) is 11.7 Å². The third-order valence-corrected chi connectivity index (χ3v) is 6.30. The van der Waals surface area contributed by atoms with Crippen molar-refractivity contribution in [2.24, 2.45) is 7.05 Å². The molecule has 1 aliphatic heterocycles. The number of carboxylic acid groups (broad SMARTS) is 1. The van der Waals surface area contributed by atoms with Gasteiger partial charge in [0.25, 0.3) is 0 Å². The summed E-state index contributed by atoms with van der Waals surface area (Å²) in [5.74, 6) is -4.58. The second-order valence-corrected chi connectivity index (χ2v) is 9.17. The maximum Gasteiger partial charge on any atom is 0.490 e. The Morgan fingerprint density at radius 1 is 1.19 bits per heavy atom. The Morgan fingerprint density at radius 3 is 2.19 bits per heavy atom. The van der Waals surface area contributed by atoms with Crippen molar-refractivity contribution in [3.8, 4) is 0 Å². The van der Waals surface area contributed by atoms with Crippen LogP contribution >= 0.6 is 0 Å². The highest BCUT2D eigenvalue weighted by Gasteiger charge is 2.38. The standard InChI is InChI=1S/C16H20F2N4O2S.C2HF3O2/c1-20(2)9-15-14-4-5-22(10-16(14)21(3)19-15)25(23,24)13-7-11(17)6-12(18)8-13;3-2(4,5)1(6)7/h6-8H,4-5,9-10H2,1-3H3;(H,6,7). The van der Waals surface area contributed by atoms with Gasteiger partial charge in [-0.2, -0.15) is 22.6 Å². The number of aliphatic carboxylic acids is 1. The lowest BCUT2D eigenvalue weighted by molar-refractivity contribution is -0.192. The van der Waals surface area contributed by atoms with Crippen LogP contribution in [0.5, 0.6) is 0 Å². The third kappa shape index (κ3) is 6.01. The number of rotatable bonds is 4. The van der Waals surface area contributed by atoms with Gasteiger partial charge in [-0.3, -0.25) is 4.68 Å². The number of hydrogen-bond acceptors (Lipinski definition) is 5. The molecule has 0 spiro atoms. The molecule has 8 nitrogen and oxygen atoms in total. The number of carboxylic acids is 1. The van der Waals surface area contributed by atoms with Crippen molar-refractivity contribution in [3.05, 3.63) is 46.8 Å². The molecule has 1 aromatic carbocycles. The van der Waals surface area contributed by atoms with E-state index in [0.29, 0.717) is 19.0 Å². The van der Waals surface area contributed by atoms with E-state index in [-0.39, 0.29) is 18.0 Å². The number of hydrogen-bond donors (Lipinski definition) is 1. The summed E-state index contributed by atoms with van der Waals surface area (Å²) in [5.41, 5.74) is 2.79. The molecule has 1 N–H and O–H groups in total. The number of aromatic nitrogens is 2. The molecule has 0 saturated carbocycles. The average Bonchev–Trinajstić information content (AvgIpc) is 2.95. The average molecular weight is 484 g/mol. The number of carbonyl (C=O) groups is 1. The van der Waals surface area contributed by atoms with Gasteiger partial charge >= 0.3 is 12.1 Å². The molecule has 0 amide bonds. The fourth-order valence-corrected chi connectivity index (χ4v) is 4.54. The summed E-state index contributed by atoms with van der Waals surface area (Å²) in [4.78, 5) is 10.5. The van der Waals surface area contributed by atoms with Gasteiger partial charge in [0.2, 0.25) is 10.0 Å². The van der Waals surface area contributed by atoms with E-state index in [4.69, 9.17) is 9.90 Å². The summed E-state index contributed by atoms with van der Waals surface area (Å²) in [6.07, 6.45) is -4.57. The van der Waals surface area contributed by atoms with Crippen molar-refractivity contribution >= 4 is 16.0 Å². The smallest absolute Gasteiger partial charge is 0.475 e. The van der Waals surface area contributed by atoms with Crippen molar-refractivity contribution in [1.82, 2.24) is 19.0 Å². The maximum absolute atomic E-state index is 13.4. The van der Waals surface area contributed by atoms with Crippen LogP contribution in [0, 0.1) is 11.6 Å². The monoisotopic (exact) mass is 484 g/mol. The minimum atomic E-state index is -5.08. The number of fused-ring (bicyclic) bond motifs is 1. The van der Waals surface area contributed by atoms with Crippen molar-refractivity contribution in [2.75, 3.05) is 20.6 Å². The van der Waals surface area contributed by atoms with Gasteiger partial charge in [0.1, 0.15) is 11.6 Å². The molecule has 0 bridgehead atoms. The van der Waals surface area contributed by atoms with Crippen LogP contribution in [0.2, 0.25) is 0 Å². The molecule has 0 atom stereocenters. The molecule has 14 heteroatoms. The van der Waals surface area contributed by atoms with Crippen molar-refractivity contribution in [2.45, 2.75) is 30.6 Å². The first-order valence-corrected chi connectivity index (χ1v) is 10.5. The SMILES string of the molecule is CN(C)Cc1nn(C)c2c1CCN(S(=O)(=O)c1cc(F)cc(F)c1)C2.O=C(O)C(F)(F)F. The first-order valence-electron chi connectivity index (χ1n) is 9.07. The number of benzene rings is 1. The van der Waals surface area contributed by atoms with Crippen molar-refractivity contribution < 1.29 is 40.3 Å². The van der Waals surface area contributed by atoms with E-state index in [0.717, 1.165) is 29.1 Å². The van der Waals surface area contributed by atoms with Gasteiger partial charge < -0.3 is 10.0 Å². The van der Waals surface area contributed by atoms with E-state index in [9.17, 15) is 30.4 Å². The Morgan fingerprint density at radius 2 is 1.72 bits per heavy atom. The van der Waals surface area contributed by atoms with Gasteiger partial charge in [-0.25, -0.2) is 22.0 Å². The topological polar surface area (TPSA) is 95.7 Å². The predicted molar refractivity (Wildman–Crippen MR) is 102 cm³/mol. The zero-order valence-electron chi connectivity index (χ0n) is 17.3. The first-order chi connectivity index (χ1) is 14.6. The molecule has 2 heterocycles. The molecule has 0 aliphatic carbocycles. The minimum Gasteiger partial charge on any atom is -0.475 e. The van der Waals surface area contributed by atoms with E-state index in [1.807, 2.05) is 19.0 Å². The normalized spacial score (nSPS) is 14.7. The van der Waals surface area contributed by atoms with Gasteiger partial charge in [0.15, 0.2) is 0 Å². The maximum atomic E-state index is 13.4. The molecule has 2 aromatic rings. The van der Waals surface area contributed by atoms with Gasteiger partial charge in [-0.1, -0.05) is 0 Å². The summed E-state index contributed by atoms with van der Waals surface area (Å²) < 4.78 is 87.0. The fourth-order valence-electron chi connectivity index (χ4n) is 3.09. The molecule has 0 radical (unpaired) electrons. The second kappa shape index (κ2) is 9.50. The second-order valence-electron chi connectivity index (χ2n) is 7.23. The zero-order valence-corrected chi connectivity index (χ0v) is 18.1. The van der Waals surface area contributed by atoms with Crippen LogP contribution in [0.4, 0.5) is 22.0 Å². The highest BCUT2D eigenvalue weighted by atomic mass is 32.2. The molecule has 0 saturated heterocycles. The van der Waals surface area contributed by atoms with Crippen LogP contribution in [0.15, 0.2) is 23.1 Å². The number of nitrogens with zero attached hydrogens (tertiary/aromatic N) is 4. The Kier molecular flexibility index (Phi) is 7.63.